The van der Waals surface area contributed by atoms with Crippen LogP contribution in [0.4, 0.5) is 9.59 Å². The molecule has 2 atom stereocenters. The average molecular weight is 881 g/mol. The van der Waals surface area contributed by atoms with Crippen molar-refractivity contribution in [2.24, 2.45) is 0 Å². The molecule has 0 saturated carbocycles. The Morgan fingerprint density at radius 2 is 1.16 bits per heavy atom. The maximum absolute atomic E-state index is 13.3. The first-order valence-corrected chi connectivity index (χ1v) is 29.4. The minimum atomic E-state index is -1.30. The van der Waals surface area contributed by atoms with E-state index < -0.39 is 27.8 Å². The van der Waals surface area contributed by atoms with Gasteiger partial charge in [-0.15, -0.1) is 0 Å². The highest BCUT2D eigenvalue weighted by Gasteiger charge is 2.37. The van der Waals surface area contributed by atoms with Crippen LogP contribution in [-0.2, 0) is 27.7 Å². The fourth-order valence-electron chi connectivity index (χ4n) is 8.10. The van der Waals surface area contributed by atoms with E-state index in [1.165, 1.54) is 4.90 Å². The number of rotatable bonds is 15. The van der Waals surface area contributed by atoms with E-state index in [0.717, 1.165) is 76.0 Å². The van der Waals surface area contributed by atoms with Gasteiger partial charge < -0.3 is 28.5 Å². The Labute approximate surface area is 367 Å². The molecule has 14 nitrogen and oxygen atoms in total. The third-order valence-electron chi connectivity index (χ3n) is 11.5. The normalized spacial score (nSPS) is 17.4. The summed E-state index contributed by atoms with van der Waals surface area (Å²) in [5.74, 6) is 2.08. The number of nitrogens with zero attached hydrogens (tertiary/aromatic N) is 8. The lowest BCUT2D eigenvalue weighted by Crippen LogP contribution is -2.37. The molecule has 7 rings (SSSR count). The second-order valence-corrected chi connectivity index (χ2v) is 31.3. The molecule has 0 radical (unpaired) electrons. The SMILES string of the molecule is CC(C)(C)OC(=O)N1CCC[C@H]1c1ncc(-c2ccc3cc(-c4ncc(-c5cnc([C@@H]6CCCN6C(=O)O)n5COCC[Si](C)(C)C)cn4)ccc3c2)n1COCC[Si](C)(C)C. The van der Waals surface area contributed by atoms with Crippen LogP contribution >= 0.6 is 0 Å². The number of likely N-dealkylation sites (tertiary alicyclic amines) is 2. The minimum absolute atomic E-state index is 0.209. The molecule has 0 unspecified atom stereocenters. The van der Waals surface area contributed by atoms with Crippen LogP contribution in [0.5, 0.6) is 0 Å². The Morgan fingerprint density at radius 1 is 0.677 bits per heavy atom. The Bertz CT molecular complexity index is 2360. The molecule has 2 aromatic carbocycles. The van der Waals surface area contributed by atoms with Gasteiger partial charge in [-0.3, -0.25) is 9.80 Å². The maximum atomic E-state index is 13.3. The van der Waals surface area contributed by atoms with E-state index >= 15 is 0 Å². The van der Waals surface area contributed by atoms with Crippen molar-refractivity contribution >= 4 is 39.1 Å². The first kappa shape index (κ1) is 45.1. The second kappa shape index (κ2) is 18.4. The lowest BCUT2D eigenvalue weighted by atomic mass is 10.0. The number of amides is 2. The van der Waals surface area contributed by atoms with Crippen molar-refractivity contribution in [1.29, 1.82) is 0 Å². The highest BCUT2D eigenvalue weighted by molar-refractivity contribution is 6.76. The van der Waals surface area contributed by atoms with Crippen LogP contribution in [0.1, 0.15) is 70.2 Å². The molecule has 2 aliphatic heterocycles. The molecule has 2 fully saturated rings. The van der Waals surface area contributed by atoms with E-state index in [1.807, 2.05) is 42.5 Å². The van der Waals surface area contributed by atoms with Crippen molar-refractivity contribution in [2.75, 3.05) is 26.3 Å². The number of carboxylic acid groups (broad SMARTS) is 1. The lowest BCUT2D eigenvalue weighted by molar-refractivity contribution is 0.0204. The lowest BCUT2D eigenvalue weighted by Gasteiger charge is -2.29. The van der Waals surface area contributed by atoms with E-state index in [-0.39, 0.29) is 24.9 Å². The third kappa shape index (κ3) is 10.8. The predicted molar refractivity (Wildman–Crippen MR) is 247 cm³/mol. The molecule has 5 aromatic rings. The fraction of sp³-hybridized carbons (Fsp3) is 0.522. The number of carbonyl (C=O) groups is 2. The number of carbonyl (C=O) groups excluding carboxylic acids is 1. The smallest absolute Gasteiger partial charge is 0.410 e. The Morgan fingerprint density at radius 3 is 1.68 bits per heavy atom. The summed E-state index contributed by atoms with van der Waals surface area (Å²) in [5, 5.41) is 12.0. The van der Waals surface area contributed by atoms with E-state index in [2.05, 4.69) is 74.2 Å². The van der Waals surface area contributed by atoms with Crippen molar-refractivity contribution in [3.8, 4) is 33.9 Å². The summed E-state index contributed by atoms with van der Waals surface area (Å²) in [5.41, 5.74) is 3.80. The van der Waals surface area contributed by atoms with Crippen molar-refractivity contribution in [1.82, 2.24) is 38.9 Å². The van der Waals surface area contributed by atoms with Gasteiger partial charge in [-0.1, -0.05) is 63.5 Å². The molecule has 5 heterocycles. The van der Waals surface area contributed by atoms with E-state index in [1.54, 1.807) is 18.6 Å². The number of hydrogen-bond acceptors (Lipinski definition) is 9. The van der Waals surface area contributed by atoms with Crippen LogP contribution in [0.25, 0.3) is 44.7 Å². The van der Waals surface area contributed by atoms with Gasteiger partial charge in [0, 0.05) is 71.5 Å². The third-order valence-corrected chi connectivity index (χ3v) is 14.9. The topological polar surface area (TPSA) is 150 Å². The molecular formula is C46H64N8O6Si2. The Hall–Kier alpha value is -4.91. The van der Waals surface area contributed by atoms with Crippen molar-refractivity contribution in [3.63, 3.8) is 0 Å². The van der Waals surface area contributed by atoms with Crippen LogP contribution in [0.15, 0.2) is 61.2 Å². The number of benzene rings is 2. The van der Waals surface area contributed by atoms with E-state index in [0.29, 0.717) is 51.1 Å². The number of hydrogen-bond donors (Lipinski definition) is 1. The minimum Gasteiger partial charge on any atom is -0.465 e. The second-order valence-electron chi connectivity index (χ2n) is 20.1. The average Bonchev–Trinajstić information content (AvgIpc) is 4.03. The van der Waals surface area contributed by atoms with Crippen LogP contribution in [0, 0.1) is 0 Å². The summed E-state index contributed by atoms with van der Waals surface area (Å²) in [7, 11) is -2.60. The summed E-state index contributed by atoms with van der Waals surface area (Å²) in [6, 6.07) is 14.2. The quantitative estimate of drug-likeness (QED) is 0.0795. The first-order chi connectivity index (χ1) is 29.3. The van der Waals surface area contributed by atoms with Crippen LogP contribution in [0.3, 0.4) is 0 Å². The van der Waals surface area contributed by atoms with E-state index in [9.17, 15) is 14.7 Å². The zero-order chi connectivity index (χ0) is 44.4. The highest BCUT2D eigenvalue weighted by Crippen LogP contribution is 2.37. The maximum Gasteiger partial charge on any atom is 0.410 e. The zero-order valence-corrected chi connectivity index (χ0v) is 40.0. The molecule has 16 heteroatoms. The van der Waals surface area contributed by atoms with Gasteiger partial charge in [-0.25, -0.2) is 29.5 Å². The highest BCUT2D eigenvalue weighted by atomic mass is 28.3. The first-order valence-electron chi connectivity index (χ1n) is 22.0. The van der Waals surface area contributed by atoms with Crippen LogP contribution < -0.4 is 0 Å². The molecule has 332 valence electrons. The summed E-state index contributed by atoms with van der Waals surface area (Å²) >= 11 is 0. The van der Waals surface area contributed by atoms with E-state index in [4.69, 9.17) is 34.1 Å². The summed E-state index contributed by atoms with van der Waals surface area (Å²) in [6.07, 6.45) is 9.21. The van der Waals surface area contributed by atoms with Gasteiger partial charge >= 0.3 is 12.2 Å². The number of fused-ring (bicyclic) bond motifs is 1. The Kier molecular flexibility index (Phi) is 13.4. The zero-order valence-electron chi connectivity index (χ0n) is 38.0. The molecule has 3 aromatic heterocycles. The van der Waals surface area contributed by atoms with Crippen molar-refractivity contribution in [3.05, 3.63) is 72.8 Å². The number of ether oxygens (including phenoxy) is 3. The fourth-order valence-corrected chi connectivity index (χ4v) is 9.62. The molecular weight excluding hydrogens is 817 g/mol. The van der Waals surface area contributed by atoms with Gasteiger partial charge in [0.1, 0.15) is 30.7 Å². The van der Waals surface area contributed by atoms with Gasteiger partial charge in [0.2, 0.25) is 0 Å². The van der Waals surface area contributed by atoms with Crippen molar-refractivity contribution in [2.45, 2.75) is 129 Å². The number of imidazole rings is 2. The number of aromatic nitrogens is 6. The van der Waals surface area contributed by atoms with Crippen molar-refractivity contribution < 1.29 is 28.9 Å². The van der Waals surface area contributed by atoms with Gasteiger partial charge in [-0.2, -0.15) is 0 Å². The molecule has 0 bridgehead atoms. The molecule has 2 saturated heterocycles. The van der Waals surface area contributed by atoms with Gasteiger partial charge in [0.05, 0.1) is 35.9 Å². The van der Waals surface area contributed by atoms with Gasteiger partial charge in [0.25, 0.3) is 0 Å². The molecule has 2 amide bonds. The molecule has 2 aliphatic rings. The standard InChI is InChI=1S/C46H64N8O6Si2/c1-46(2,3)60-45(57)52-19-11-13-38(52)43-49-28-39(53(43)30-58-20-22-61(4,5)6)34-16-14-33-25-35(17-15-32(33)24-34)41-47-26-36(27-48-41)40-29-50-42(37-12-10-18-51(37)44(55)56)54(40)31-59-21-23-62(7,8)9/h14-17,24-29,37-38H,10-13,18-23,30-31H2,1-9H3,(H,55,56)/t37-,38-/m0/s1. The summed E-state index contributed by atoms with van der Waals surface area (Å²) < 4.78 is 22.5. The molecule has 0 spiro atoms. The molecule has 0 aliphatic carbocycles. The summed E-state index contributed by atoms with van der Waals surface area (Å²) in [6.45, 7) is 22.7. The van der Waals surface area contributed by atoms with Crippen LogP contribution in [-0.4, -0.2) is 104 Å². The largest absolute Gasteiger partial charge is 0.465 e. The molecule has 62 heavy (non-hydrogen) atoms. The summed E-state index contributed by atoms with van der Waals surface area (Å²) in [4.78, 5) is 48.0. The van der Waals surface area contributed by atoms with Gasteiger partial charge in [0.15, 0.2) is 5.82 Å². The molecule has 1 N–H and O–H groups in total. The Balaban J connectivity index is 1.14. The van der Waals surface area contributed by atoms with Crippen LogP contribution in [0.2, 0.25) is 51.4 Å². The predicted octanol–water partition coefficient (Wildman–Crippen LogP) is 10.5. The monoisotopic (exact) mass is 880 g/mol. The van der Waals surface area contributed by atoms with Gasteiger partial charge in [-0.05, 0) is 81.4 Å².